The van der Waals surface area contributed by atoms with E-state index in [9.17, 15) is 9.18 Å². The van der Waals surface area contributed by atoms with Crippen LogP contribution in [-0.2, 0) is 4.79 Å². The molecule has 2 N–H and O–H groups in total. The van der Waals surface area contributed by atoms with Crippen molar-refractivity contribution in [2.24, 2.45) is 0 Å². The first-order valence-corrected chi connectivity index (χ1v) is 8.20. The highest BCUT2D eigenvalue weighted by Gasteiger charge is 2.21. The van der Waals surface area contributed by atoms with E-state index in [1.807, 2.05) is 11.8 Å². The Bertz CT molecular complexity index is 493. The predicted octanol–water partition coefficient (Wildman–Crippen LogP) is 2.11. The number of halogens is 1. The van der Waals surface area contributed by atoms with Gasteiger partial charge in [-0.2, -0.15) is 11.8 Å². The van der Waals surface area contributed by atoms with Gasteiger partial charge in [-0.3, -0.25) is 4.79 Å². The zero-order valence-electron chi connectivity index (χ0n) is 12.3. The molecule has 1 aliphatic rings. The van der Waals surface area contributed by atoms with Crippen LogP contribution in [-0.4, -0.2) is 37.1 Å². The summed E-state index contributed by atoms with van der Waals surface area (Å²) in [6.45, 7) is 2.70. The monoisotopic (exact) mass is 312 g/mol. The smallest absolute Gasteiger partial charge is 0.222 e. The maximum absolute atomic E-state index is 13.9. The van der Waals surface area contributed by atoms with Crippen molar-refractivity contribution in [3.8, 4) is 5.75 Å². The van der Waals surface area contributed by atoms with Gasteiger partial charge in [-0.25, -0.2) is 4.39 Å². The number of ether oxygens (including phenoxy) is 1. The first-order chi connectivity index (χ1) is 10.1. The van der Waals surface area contributed by atoms with Crippen molar-refractivity contribution in [3.63, 3.8) is 0 Å². The summed E-state index contributed by atoms with van der Waals surface area (Å²) in [6.07, 6.45) is 0.411. The Morgan fingerprint density at radius 2 is 2.43 bits per heavy atom. The third kappa shape index (κ3) is 4.35. The molecule has 116 valence electrons. The molecule has 1 aromatic rings. The SMILES string of the molecule is COc1cccc(F)c1C(C)NC(=O)CC1CSCCN1. The molecule has 0 bridgehead atoms. The predicted molar refractivity (Wildman–Crippen MR) is 83.2 cm³/mol. The molecule has 1 amide bonds. The van der Waals surface area contributed by atoms with Crippen LogP contribution in [0, 0.1) is 5.82 Å². The lowest BCUT2D eigenvalue weighted by molar-refractivity contribution is -0.122. The topological polar surface area (TPSA) is 50.4 Å². The molecule has 0 radical (unpaired) electrons. The second-order valence-electron chi connectivity index (χ2n) is 5.08. The molecule has 2 atom stereocenters. The number of carbonyl (C=O) groups is 1. The third-order valence-corrected chi connectivity index (χ3v) is 4.60. The number of hydrogen-bond acceptors (Lipinski definition) is 4. The summed E-state index contributed by atoms with van der Waals surface area (Å²) >= 11 is 1.85. The van der Waals surface area contributed by atoms with Gasteiger partial charge in [0.2, 0.25) is 5.91 Å². The Hall–Kier alpha value is -1.27. The van der Waals surface area contributed by atoms with Gasteiger partial charge in [0.15, 0.2) is 0 Å². The van der Waals surface area contributed by atoms with Crippen LogP contribution < -0.4 is 15.4 Å². The van der Waals surface area contributed by atoms with Gasteiger partial charge in [0.05, 0.1) is 18.7 Å². The second-order valence-corrected chi connectivity index (χ2v) is 6.22. The van der Waals surface area contributed by atoms with Crippen molar-refractivity contribution >= 4 is 17.7 Å². The summed E-state index contributed by atoms with van der Waals surface area (Å²) in [5.74, 6) is 2.03. The number of methoxy groups -OCH3 is 1. The van der Waals surface area contributed by atoms with E-state index in [4.69, 9.17) is 4.74 Å². The van der Waals surface area contributed by atoms with Crippen molar-refractivity contribution in [1.82, 2.24) is 10.6 Å². The van der Waals surface area contributed by atoms with E-state index in [0.717, 1.165) is 18.1 Å². The Morgan fingerprint density at radius 3 is 3.10 bits per heavy atom. The minimum absolute atomic E-state index is 0.0761. The summed E-state index contributed by atoms with van der Waals surface area (Å²) in [6, 6.07) is 4.43. The van der Waals surface area contributed by atoms with Crippen LogP contribution in [0.2, 0.25) is 0 Å². The number of benzene rings is 1. The first kappa shape index (κ1) is 16.1. The normalized spacial score (nSPS) is 19.9. The van der Waals surface area contributed by atoms with Crippen LogP contribution >= 0.6 is 11.8 Å². The molecule has 2 rings (SSSR count). The molecule has 1 aromatic carbocycles. The number of thioether (sulfide) groups is 1. The van der Waals surface area contributed by atoms with Crippen LogP contribution in [0.4, 0.5) is 4.39 Å². The molecule has 1 aliphatic heterocycles. The van der Waals surface area contributed by atoms with Crippen molar-refractivity contribution < 1.29 is 13.9 Å². The fraction of sp³-hybridized carbons (Fsp3) is 0.533. The molecule has 4 nitrogen and oxygen atoms in total. The van der Waals surface area contributed by atoms with Crippen LogP contribution in [0.3, 0.4) is 0 Å². The van der Waals surface area contributed by atoms with Crippen molar-refractivity contribution in [1.29, 1.82) is 0 Å². The average Bonchev–Trinajstić information content (AvgIpc) is 2.47. The maximum atomic E-state index is 13.9. The number of rotatable bonds is 5. The van der Waals surface area contributed by atoms with Crippen molar-refractivity contribution in [2.75, 3.05) is 25.2 Å². The van der Waals surface area contributed by atoms with E-state index in [1.54, 1.807) is 19.1 Å². The molecular formula is C15H21FN2O2S. The zero-order chi connectivity index (χ0) is 15.2. The van der Waals surface area contributed by atoms with Crippen LogP contribution in [0.25, 0.3) is 0 Å². The molecule has 0 aromatic heterocycles. The molecule has 0 saturated carbocycles. The Balaban J connectivity index is 1.97. The fourth-order valence-electron chi connectivity index (χ4n) is 2.46. The molecule has 1 heterocycles. The van der Waals surface area contributed by atoms with Gasteiger partial charge < -0.3 is 15.4 Å². The van der Waals surface area contributed by atoms with Crippen molar-refractivity contribution in [3.05, 3.63) is 29.6 Å². The highest BCUT2D eigenvalue weighted by Crippen LogP contribution is 2.27. The van der Waals surface area contributed by atoms with E-state index >= 15 is 0 Å². The number of amides is 1. The number of carbonyl (C=O) groups excluding carboxylic acids is 1. The average molecular weight is 312 g/mol. The maximum Gasteiger partial charge on any atom is 0.222 e. The first-order valence-electron chi connectivity index (χ1n) is 7.04. The van der Waals surface area contributed by atoms with Gasteiger partial charge in [-0.1, -0.05) is 6.07 Å². The van der Waals surface area contributed by atoms with E-state index in [2.05, 4.69) is 10.6 Å². The Morgan fingerprint density at radius 1 is 1.62 bits per heavy atom. The van der Waals surface area contributed by atoms with Gasteiger partial charge in [0.25, 0.3) is 0 Å². The summed E-state index contributed by atoms with van der Waals surface area (Å²) in [7, 11) is 1.50. The van der Waals surface area contributed by atoms with Crippen molar-refractivity contribution in [2.45, 2.75) is 25.4 Å². The fourth-order valence-corrected chi connectivity index (χ4v) is 3.41. The second kappa shape index (κ2) is 7.66. The lowest BCUT2D eigenvalue weighted by atomic mass is 10.1. The van der Waals surface area contributed by atoms with Gasteiger partial charge in [-0.15, -0.1) is 0 Å². The van der Waals surface area contributed by atoms with E-state index in [1.165, 1.54) is 13.2 Å². The van der Waals surface area contributed by atoms with Gasteiger partial charge in [-0.05, 0) is 19.1 Å². The third-order valence-electron chi connectivity index (χ3n) is 3.47. The molecule has 0 aliphatic carbocycles. The van der Waals surface area contributed by atoms with Crippen LogP contribution in [0.5, 0.6) is 5.75 Å². The van der Waals surface area contributed by atoms with E-state index < -0.39 is 6.04 Å². The van der Waals surface area contributed by atoms with Gasteiger partial charge in [0, 0.05) is 30.5 Å². The summed E-state index contributed by atoms with van der Waals surface area (Å²) < 4.78 is 19.1. The molecule has 0 spiro atoms. The van der Waals surface area contributed by atoms with Crippen LogP contribution in [0.15, 0.2) is 18.2 Å². The lowest BCUT2D eigenvalue weighted by Gasteiger charge is -2.24. The minimum Gasteiger partial charge on any atom is -0.496 e. The quantitative estimate of drug-likeness (QED) is 0.874. The molecule has 1 fully saturated rings. The highest BCUT2D eigenvalue weighted by molar-refractivity contribution is 7.99. The molecule has 2 unspecified atom stereocenters. The summed E-state index contributed by atoms with van der Waals surface area (Å²) in [5.41, 5.74) is 0.388. The molecular weight excluding hydrogens is 291 g/mol. The van der Waals surface area contributed by atoms with E-state index in [0.29, 0.717) is 17.7 Å². The summed E-state index contributed by atoms with van der Waals surface area (Å²) in [5, 5.41) is 6.17. The number of hydrogen-bond donors (Lipinski definition) is 2. The zero-order valence-corrected chi connectivity index (χ0v) is 13.1. The highest BCUT2D eigenvalue weighted by atomic mass is 32.2. The summed E-state index contributed by atoms with van der Waals surface area (Å²) in [4.78, 5) is 12.1. The lowest BCUT2D eigenvalue weighted by Crippen LogP contribution is -2.41. The number of nitrogens with one attached hydrogen (secondary N) is 2. The Labute approximate surface area is 128 Å². The standard InChI is InChI=1S/C15H21FN2O2S/c1-10(15-12(16)4-3-5-13(15)20-2)18-14(19)8-11-9-21-7-6-17-11/h3-5,10-11,17H,6-9H2,1-2H3,(H,18,19). The van der Waals surface area contributed by atoms with E-state index in [-0.39, 0.29) is 17.8 Å². The molecule has 6 heteroatoms. The van der Waals surface area contributed by atoms with Gasteiger partial charge >= 0.3 is 0 Å². The molecule has 21 heavy (non-hydrogen) atoms. The minimum atomic E-state index is -0.426. The van der Waals surface area contributed by atoms with Crippen LogP contribution in [0.1, 0.15) is 24.9 Å². The van der Waals surface area contributed by atoms with Gasteiger partial charge in [0.1, 0.15) is 11.6 Å². The largest absolute Gasteiger partial charge is 0.496 e. The molecule has 1 saturated heterocycles. The Kier molecular flexibility index (Phi) is 5.87.